The van der Waals surface area contributed by atoms with Crippen LogP contribution in [0.4, 0.5) is 0 Å². The highest BCUT2D eigenvalue weighted by atomic mass is 16.3. The minimum atomic E-state index is -1.57. The van der Waals surface area contributed by atoms with E-state index >= 15 is 0 Å². The number of hydrogen-bond acceptors (Lipinski definition) is 5. The molecule has 0 aromatic carbocycles. The summed E-state index contributed by atoms with van der Waals surface area (Å²) in [7, 11) is 0. The number of rotatable bonds is 2. The van der Waals surface area contributed by atoms with Crippen LogP contribution in [0.25, 0.3) is 0 Å². The summed E-state index contributed by atoms with van der Waals surface area (Å²) >= 11 is 0. The predicted octanol–water partition coefficient (Wildman–Crippen LogP) is 2.04. The molecule has 1 unspecified atom stereocenters. The largest absolute Gasteiger partial charge is 0.508 e. The molecule has 0 amide bonds. The summed E-state index contributed by atoms with van der Waals surface area (Å²) in [6.07, 6.45) is 9.08. The number of carbonyl (C=O) groups excluding carboxylic acids is 1. The Morgan fingerprint density at radius 1 is 1.35 bits per heavy atom. The molecule has 2 fully saturated rings. The van der Waals surface area contributed by atoms with E-state index in [4.69, 9.17) is 0 Å². The Hall–Kier alpha value is -1.43. The fourth-order valence-electron chi connectivity index (χ4n) is 6.69. The van der Waals surface area contributed by atoms with Gasteiger partial charge in [0.1, 0.15) is 18.0 Å². The standard InChI is InChI=1S/C21H28O5/c1-19-7-5-13(23)9-12(19)3-4-14-15-6-8-21(26,17(25)11-22)20(15,2)10-16(24)18(14)19/h3,5,7,9,14-16,18,22-24,26H,4,6,8,10-11H2,1-2H3/t14-,15-,16?,18+,19-,20-,21-/m0/s1. The van der Waals surface area contributed by atoms with E-state index in [1.165, 1.54) is 0 Å². The summed E-state index contributed by atoms with van der Waals surface area (Å²) in [5.74, 6) is -0.0640. The summed E-state index contributed by atoms with van der Waals surface area (Å²) in [6, 6.07) is 0. The highest BCUT2D eigenvalue weighted by Gasteiger charge is 2.67. The third-order valence-corrected chi connectivity index (χ3v) is 8.04. The van der Waals surface area contributed by atoms with Crippen LogP contribution in [-0.2, 0) is 4.79 Å². The van der Waals surface area contributed by atoms with Crippen LogP contribution >= 0.6 is 0 Å². The minimum absolute atomic E-state index is 0.0206. The average molecular weight is 360 g/mol. The number of hydrogen-bond donors (Lipinski definition) is 4. The molecule has 26 heavy (non-hydrogen) atoms. The molecule has 0 bridgehead atoms. The van der Waals surface area contributed by atoms with Gasteiger partial charge in [-0.1, -0.05) is 26.0 Å². The number of Topliss-reactive ketones (excluding diaryl/α,β-unsaturated/α-hetero) is 1. The van der Waals surface area contributed by atoms with E-state index in [2.05, 4.69) is 13.0 Å². The molecule has 0 heterocycles. The van der Waals surface area contributed by atoms with Gasteiger partial charge in [-0.15, -0.1) is 0 Å². The van der Waals surface area contributed by atoms with Crippen molar-refractivity contribution in [2.45, 2.75) is 51.2 Å². The van der Waals surface area contributed by atoms with Crippen LogP contribution in [-0.4, -0.2) is 44.5 Å². The summed E-state index contributed by atoms with van der Waals surface area (Å²) in [6.45, 7) is 3.33. The quantitative estimate of drug-likeness (QED) is 0.604. The van der Waals surface area contributed by atoms with Gasteiger partial charge in [0.05, 0.1) is 6.10 Å². The zero-order valence-corrected chi connectivity index (χ0v) is 15.4. The lowest BCUT2D eigenvalue weighted by molar-refractivity contribution is -0.176. The van der Waals surface area contributed by atoms with Gasteiger partial charge < -0.3 is 20.4 Å². The van der Waals surface area contributed by atoms with Gasteiger partial charge >= 0.3 is 0 Å². The zero-order valence-electron chi connectivity index (χ0n) is 15.4. The third-order valence-electron chi connectivity index (χ3n) is 8.04. The van der Waals surface area contributed by atoms with Gasteiger partial charge in [-0.25, -0.2) is 0 Å². The van der Waals surface area contributed by atoms with Gasteiger partial charge in [0.25, 0.3) is 0 Å². The second-order valence-corrected chi connectivity index (χ2v) is 9.05. The molecule has 0 aromatic rings. The molecule has 4 rings (SSSR count). The Kier molecular flexibility index (Phi) is 3.82. The molecule has 4 N–H and O–H groups in total. The Bertz CT molecular complexity index is 737. The lowest BCUT2D eigenvalue weighted by Crippen LogP contribution is -2.61. The second kappa shape index (κ2) is 5.54. The molecule has 2 saturated carbocycles. The average Bonchev–Trinajstić information content (AvgIpc) is 2.86. The molecule has 4 aliphatic carbocycles. The number of aliphatic hydroxyl groups is 4. The van der Waals surface area contributed by atoms with E-state index in [1.54, 1.807) is 12.2 Å². The number of allylic oxidation sites excluding steroid dienone is 5. The first-order valence-corrected chi connectivity index (χ1v) is 9.52. The molecule has 4 aliphatic rings. The van der Waals surface area contributed by atoms with Crippen molar-refractivity contribution >= 4 is 5.78 Å². The first-order chi connectivity index (χ1) is 12.2. The molecular weight excluding hydrogens is 332 g/mol. The van der Waals surface area contributed by atoms with E-state index < -0.39 is 29.5 Å². The molecule has 5 heteroatoms. The summed E-state index contributed by atoms with van der Waals surface area (Å²) < 4.78 is 0. The van der Waals surface area contributed by atoms with Crippen molar-refractivity contribution < 1.29 is 25.2 Å². The molecular formula is C21H28O5. The molecule has 0 aliphatic heterocycles. The lowest BCUT2D eigenvalue weighted by atomic mass is 9.47. The molecule has 0 radical (unpaired) electrons. The number of carbonyl (C=O) groups is 1. The van der Waals surface area contributed by atoms with Crippen LogP contribution < -0.4 is 0 Å². The summed E-state index contributed by atoms with van der Waals surface area (Å²) in [5, 5.41) is 41.5. The molecule has 142 valence electrons. The Morgan fingerprint density at radius 2 is 2.08 bits per heavy atom. The monoisotopic (exact) mass is 360 g/mol. The Labute approximate surface area is 153 Å². The minimum Gasteiger partial charge on any atom is -0.508 e. The first-order valence-electron chi connectivity index (χ1n) is 9.52. The van der Waals surface area contributed by atoms with Gasteiger partial charge in [0.2, 0.25) is 0 Å². The molecule has 0 saturated heterocycles. The van der Waals surface area contributed by atoms with Crippen LogP contribution in [0, 0.1) is 28.6 Å². The summed E-state index contributed by atoms with van der Waals surface area (Å²) in [4.78, 5) is 12.3. The SMILES string of the molecule is C[C@]12C=CC(O)=CC1=CC[C@@H]1[C@@H]2C(O)C[C@@]2(C)[C@H]1CC[C@]2(O)C(=O)CO. The molecule has 5 nitrogen and oxygen atoms in total. The zero-order chi connectivity index (χ0) is 18.9. The van der Waals surface area contributed by atoms with Crippen LogP contribution in [0.5, 0.6) is 0 Å². The highest BCUT2D eigenvalue weighted by Crippen LogP contribution is 2.66. The highest BCUT2D eigenvalue weighted by molar-refractivity contribution is 5.89. The first kappa shape index (κ1) is 18.0. The van der Waals surface area contributed by atoms with Gasteiger partial charge in [0, 0.05) is 16.7 Å². The van der Waals surface area contributed by atoms with Crippen LogP contribution in [0.3, 0.4) is 0 Å². The Morgan fingerprint density at radius 3 is 2.77 bits per heavy atom. The second-order valence-electron chi connectivity index (χ2n) is 9.05. The lowest BCUT2D eigenvalue weighted by Gasteiger charge is -2.58. The number of aliphatic hydroxyl groups excluding tert-OH is 3. The van der Waals surface area contributed by atoms with Gasteiger partial charge in [0.15, 0.2) is 5.78 Å². The molecule has 0 aromatic heterocycles. The number of fused-ring (bicyclic) bond motifs is 5. The van der Waals surface area contributed by atoms with Crippen LogP contribution in [0.2, 0.25) is 0 Å². The van der Waals surface area contributed by atoms with E-state index in [0.717, 1.165) is 18.4 Å². The van der Waals surface area contributed by atoms with E-state index in [1.807, 2.05) is 13.0 Å². The van der Waals surface area contributed by atoms with Crippen molar-refractivity contribution in [3.63, 3.8) is 0 Å². The Balaban J connectivity index is 1.77. The van der Waals surface area contributed by atoms with Crippen LogP contribution in [0.15, 0.2) is 35.6 Å². The third kappa shape index (κ3) is 2.05. The van der Waals surface area contributed by atoms with Crippen molar-refractivity contribution in [1.82, 2.24) is 0 Å². The fraction of sp³-hybridized carbons (Fsp3) is 0.667. The predicted molar refractivity (Wildman–Crippen MR) is 96.1 cm³/mol. The van der Waals surface area contributed by atoms with E-state index in [-0.39, 0.29) is 28.9 Å². The van der Waals surface area contributed by atoms with E-state index in [0.29, 0.717) is 12.8 Å². The van der Waals surface area contributed by atoms with Gasteiger partial charge in [-0.3, -0.25) is 4.79 Å². The maximum atomic E-state index is 12.3. The van der Waals surface area contributed by atoms with Gasteiger partial charge in [-0.2, -0.15) is 0 Å². The molecule has 0 spiro atoms. The van der Waals surface area contributed by atoms with Crippen molar-refractivity contribution in [3.05, 3.63) is 35.6 Å². The van der Waals surface area contributed by atoms with Gasteiger partial charge in [-0.05, 0) is 55.2 Å². The maximum absolute atomic E-state index is 12.3. The molecule has 7 atom stereocenters. The normalized spacial score (nSPS) is 49.6. The van der Waals surface area contributed by atoms with Crippen molar-refractivity contribution in [3.8, 4) is 0 Å². The van der Waals surface area contributed by atoms with Crippen molar-refractivity contribution in [2.75, 3.05) is 6.61 Å². The fourth-order valence-corrected chi connectivity index (χ4v) is 6.69. The van der Waals surface area contributed by atoms with Crippen LogP contribution in [0.1, 0.15) is 39.5 Å². The van der Waals surface area contributed by atoms with Crippen molar-refractivity contribution in [2.24, 2.45) is 28.6 Å². The van der Waals surface area contributed by atoms with E-state index in [9.17, 15) is 25.2 Å². The number of ketones is 1. The van der Waals surface area contributed by atoms with Crippen molar-refractivity contribution in [1.29, 1.82) is 0 Å². The topological polar surface area (TPSA) is 98.0 Å². The smallest absolute Gasteiger partial charge is 0.190 e. The maximum Gasteiger partial charge on any atom is 0.190 e. The summed E-state index contributed by atoms with van der Waals surface area (Å²) in [5.41, 5.74) is -1.63.